The monoisotopic (exact) mass is 651 g/mol. The number of pyridine rings is 3. The van der Waals surface area contributed by atoms with E-state index in [4.69, 9.17) is 9.40 Å². The molecule has 0 amide bonds. The van der Waals surface area contributed by atoms with E-state index in [1.165, 1.54) is 12.3 Å². The van der Waals surface area contributed by atoms with Crippen molar-refractivity contribution in [2.24, 2.45) is 0 Å². The number of fused-ring (bicyclic) bond motifs is 13. The predicted molar refractivity (Wildman–Crippen MR) is 185 cm³/mol. The first-order chi connectivity index (χ1) is 23.7. The highest BCUT2D eigenvalue weighted by Crippen LogP contribution is 2.47. The third-order valence-corrected chi connectivity index (χ3v) is 10.5. The number of nitrogens with zero attached hydrogens (tertiary/aromatic N) is 3. The molecule has 49 heavy (non-hydrogen) atoms. The summed E-state index contributed by atoms with van der Waals surface area (Å²) in [6.07, 6.45) is 0.466. The quantitative estimate of drug-likeness (QED) is 0.166. The molecule has 0 spiro atoms. The van der Waals surface area contributed by atoms with Crippen molar-refractivity contribution < 1.29 is 26.7 Å². The molecular weight excluding hydrogens is 619 g/mol. The number of alkyl halides is 3. The van der Waals surface area contributed by atoms with Crippen molar-refractivity contribution in [3.05, 3.63) is 144 Å². The van der Waals surface area contributed by atoms with Gasteiger partial charge in [-0.2, -0.15) is 22.3 Å². The number of benzene rings is 3. The Morgan fingerprint density at radius 3 is 2.39 bits per heavy atom. The van der Waals surface area contributed by atoms with Crippen molar-refractivity contribution in [1.82, 2.24) is 4.98 Å². The molecule has 4 aromatic heterocycles. The molecule has 7 heteroatoms. The van der Waals surface area contributed by atoms with Crippen LogP contribution in [0.1, 0.15) is 46.2 Å². The summed E-state index contributed by atoms with van der Waals surface area (Å²) < 4.78 is 54.0. The Morgan fingerprint density at radius 1 is 0.796 bits per heavy atom. The normalized spacial score (nSPS) is 17.0. The number of hydrogen-bond acceptors (Lipinski definition) is 2. The van der Waals surface area contributed by atoms with Crippen LogP contribution < -0.4 is 9.13 Å². The Balaban J connectivity index is 1.32. The number of allylic oxidation sites excluding steroid dienone is 1. The molecule has 3 aromatic carbocycles. The molecule has 9 rings (SSSR count). The molecule has 0 aliphatic carbocycles. The molecule has 0 N–H and O–H groups in total. The number of aromatic nitrogens is 3. The van der Waals surface area contributed by atoms with Crippen molar-refractivity contribution in [1.29, 1.82) is 0 Å². The van der Waals surface area contributed by atoms with E-state index < -0.39 is 11.7 Å². The second kappa shape index (κ2) is 10.7. The summed E-state index contributed by atoms with van der Waals surface area (Å²) in [4.78, 5) is 4.98. The summed E-state index contributed by atoms with van der Waals surface area (Å²) in [6, 6.07) is 31.1. The first-order valence-corrected chi connectivity index (χ1v) is 16.5. The summed E-state index contributed by atoms with van der Waals surface area (Å²) in [7, 11) is 0. The lowest BCUT2D eigenvalue weighted by molar-refractivity contribution is -0.720. The molecule has 6 heterocycles. The van der Waals surface area contributed by atoms with E-state index >= 15 is 0 Å². The van der Waals surface area contributed by atoms with Crippen molar-refractivity contribution >= 4 is 27.8 Å². The van der Waals surface area contributed by atoms with Crippen molar-refractivity contribution in [2.75, 3.05) is 0 Å². The van der Waals surface area contributed by atoms with Gasteiger partial charge in [0.1, 0.15) is 5.92 Å². The van der Waals surface area contributed by atoms with E-state index in [0.29, 0.717) is 34.7 Å². The van der Waals surface area contributed by atoms with Gasteiger partial charge in [-0.15, -0.1) is 0 Å². The lowest BCUT2D eigenvalue weighted by Crippen LogP contribution is -2.50. The van der Waals surface area contributed by atoms with Crippen LogP contribution in [0.15, 0.2) is 120 Å². The second-order valence-electron chi connectivity index (χ2n) is 13.2. The van der Waals surface area contributed by atoms with Crippen LogP contribution in [0.2, 0.25) is 0 Å². The van der Waals surface area contributed by atoms with Gasteiger partial charge in [0.25, 0.3) is 0 Å². The van der Waals surface area contributed by atoms with Crippen molar-refractivity contribution in [3.63, 3.8) is 0 Å². The maximum absolute atomic E-state index is 14.4. The zero-order chi connectivity index (χ0) is 33.6. The fraction of sp³-hybridized carbons (Fsp3) is 0.167. The SMILES string of the molecule is C=C1C2c3ccccc3-c3cccc[n+]3C2CCc2ccc3c(oc4nc(-c5c(C)cccc5C)ccc43)c2-c2cc(C(F)(F)F)cc[n+]21. The molecule has 2 aliphatic rings. The van der Waals surface area contributed by atoms with Gasteiger partial charge in [0.05, 0.1) is 22.4 Å². The maximum Gasteiger partial charge on any atom is 0.416 e. The van der Waals surface area contributed by atoms with Gasteiger partial charge < -0.3 is 4.42 Å². The van der Waals surface area contributed by atoms with Crippen molar-refractivity contribution in [2.45, 2.75) is 44.8 Å². The van der Waals surface area contributed by atoms with Crippen LogP contribution in [0.4, 0.5) is 13.2 Å². The highest BCUT2D eigenvalue weighted by molar-refractivity contribution is 6.09. The molecule has 2 atom stereocenters. The first-order valence-electron chi connectivity index (χ1n) is 16.5. The van der Waals surface area contributed by atoms with Crippen LogP contribution >= 0.6 is 0 Å². The van der Waals surface area contributed by atoms with E-state index in [9.17, 15) is 13.2 Å². The van der Waals surface area contributed by atoms with Crippen LogP contribution in [0.25, 0.3) is 61.5 Å². The van der Waals surface area contributed by atoms with Crippen LogP contribution in [0.5, 0.6) is 0 Å². The van der Waals surface area contributed by atoms with Crippen molar-refractivity contribution in [3.8, 4) is 33.8 Å². The van der Waals surface area contributed by atoms with E-state index in [1.54, 1.807) is 0 Å². The summed E-state index contributed by atoms with van der Waals surface area (Å²) in [6.45, 7) is 8.75. The van der Waals surface area contributed by atoms with Gasteiger partial charge in [0.15, 0.2) is 29.7 Å². The van der Waals surface area contributed by atoms with E-state index in [2.05, 4.69) is 61.5 Å². The Morgan fingerprint density at radius 2 is 1.57 bits per heavy atom. The minimum atomic E-state index is -4.53. The summed E-state index contributed by atoms with van der Waals surface area (Å²) in [5, 5.41) is 1.63. The molecule has 0 radical (unpaired) electrons. The fourth-order valence-corrected chi connectivity index (χ4v) is 8.23. The van der Waals surface area contributed by atoms with Gasteiger partial charge in [0.2, 0.25) is 17.1 Å². The third kappa shape index (κ3) is 4.48. The molecule has 0 saturated heterocycles. The minimum Gasteiger partial charge on any atom is -0.437 e. The zero-order valence-corrected chi connectivity index (χ0v) is 27.1. The molecular formula is C42H32F3N3O+2. The maximum atomic E-state index is 14.4. The molecule has 0 saturated carbocycles. The minimum absolute atomic E-state index is 0.0138. The lowest BCUT2D eigenvalue weighted by atomic mass is 9.79. The topological polar surface area (TPSA) is 33.8 Å². The molecule has 7 aromatic rings. The summed E-state index contributed by atoms with van der Waals surface area (Å²) >= 11 is 0. The highest BCUT2D eigenvalue weighted by atomic mass is 19.4. The summed E-state index contributed by atoms with van der Waals surface area (Å²) in [5.41, 5.74) is 10.3. The molecule has 4 nitrogen and oxygen atoms in total. The average Bonchev–Trinajstić information content (AvgIpc) is 3.48. The number of rotatable bonds is 1. The largest absolute Gasteiger partial charge is 0.437 e. The third-order valence-electron chi connectivity index (χ3n) is 10.5. The number of hydrogen-bond donors (Lipinski definition) is 0. The van der Waals surface area contributed by atoms with E-state index in [-0.39, 0.29) is 12.0 Å². The lowest BCUT2D eigenvalue weighted by Gasteiger charge is -2.29. The second-order valence-corrected chi connectivity index (χ2v) is 13.2. The van der Waals surface area contributed by atoms with Gasteiger partial charge in [-0.3, -0.25) is 0 Å². The van der Waals surface area contributed by atoms with Gasteiger partial charge in [-0.25, -0.2) is 4.98 Å². The smallest absolute Gasteiger partial charge is 0.416 e. The van der Waals surface area contributed by atoms with Gasteiger partial charge in [-0.1, -0.05) is 48.5 Å². The summed E-state index contributed by atoms with van der Waals surface area (Å²) in [5.74, 6) is -0.182. The Bertz CT molecular complexity index is 2490. The van der Waals surface area contributed by atoms with Crippen LogP contribution in [-0.4, -0.2) is 4.98 Å². The highest BCUT2D eigenvalue weighted by Gasteiger charge is 2.47. The number of furan rings is 1. The number of aryl methyl sites for hydroxylation is 3. The van der Waals surface area contributed by atoms with Crippen LogP contribution in [0, 0.1) is 13.8 Å². The van der Waals surface area contributed by atoms with E-state index in [1.807, 2.05) is 59.2 Å². The van der Waals surface area contributed by atoms with Gasteiger partial charge >= 0.3 is 6.18 Å². The Labute approximate surface area is 281 Å². The first kappa shape index (κ1) is 29.6. The molecule has 2 aliphatic heterocycles. The molecule has 0 bridgehead atoms. The zero-order valence-electron chi connectivity index (χ0n) is 27.1. The molecule has 2 unspecified atom stereocenters. The Hall–Kier alpha value is -5.56. The van der Waals surface area contributed by atoms with Gasteiger partial charge in [0, 0.05) is 47.0 Å². The van der Waals surface area contributed by atoms with Crippen LogP contribution in [-0.2, 0) is 12.6 Å². The van der Waals surface area contributed by atoms with Crippen LogP contribution in [0.3, 0.4) is 0 Å². The fourth-order valence-electron chi connectivity index (χ4n) is 8.23. The standard InChI is InChI=1S/C42H32F3N3O/c1-24-9-8-10-25(2)37(24)33-18-17-32-31-16-14-27-15-19-35-38(30-12-5-4-11-29(30)34-13-6-7-21-48(34)35)26(3)47-22-20-28(42(43,44)45)23-36(47)39(27)40(31)49-41(32)46-33/h4-14,16-18,20-23,35,38H,3,15,19H2,1-2H3/q+2. The Kier molecular flexibility index (Phi) is 6.47. The van der Waals surface area contributed by atoms with Gasteiger partial charge in [-0.05, 0) is 73.4 Å². The number of halogens is 3. The molecule has 0 fully saturated rings. The average molecular weight is 652 g/mol. The predicted octanol–water partition coefficient (Wildman–Crippen LogP) is 9.95. The van der Waals surface area contributed by atoms with E-state index in [0.717, 1.165) is 68.0 Å². The molecule has 240 valence electrons.